The molecule has 1 fully saturated rings. The van der Waals surface area contributed by atoms with E-state index in [-0.39, 0.29) is 11.8 Å². The SMILES string of the molecule is CCCC1CCCN(c2nc(N)ncc2F)CC1. The first-order valence-electron chi connectivity index (χ1n) is 6.73. The average molecular weight is 252 g/mol. The molecule has 0 aromatic carbocycles. The van der Waals surface area contributed by atoms with Crippen molar-refractivity contribution in [1.82, 2.24) is 9.97 Å². The van der Waals surface area contributed by atoms with E-state index in [1.807, 2.05) is 4.90 Å². The van der Waals surface area contributed by atoms with Crippen LogP contribution >= 0.6 is 0 Å². The average Bonchev–Trinajstić information content (AvgIpc) is 2.58. The van der Waals surface area contributed by atoms with Crippen LogP contribution in [0.15, 0.2) is 6.20 Å². The smallest absolute Gasteiger partial charge is 0.222 e. The summed E-state index contributed by atoms with van der Waals surface area (Å²) >= 11 is 0. The summed E-state index contributed by atoms with van der Waals surface area (Å²) in [4.78, 5) is 9.70. The maximum atomic E-state index is 13.7. The van der Waals surface area contributed by atoms with E-state index in [1.165, 1.54) is 19.3 Å². The lowest BCUT2D eigenvalue weighted by Crippen LogP contribution is -2.26. The maximum absolute atomic E-state index is 13.7. The van der Waals surface area contributed by atoms with Gasteiger partial charge in [0, 0.05) is 13.1 Å². The van der Waals surface area contributed by atoms with Crippen LogP contribution in [0.4, 0.5) is 16.2 Å². The van der Waals surface area contributed by atoms with Crippen LogP contribution in [0.3, 0.4) is 0 Å². The Morgan fingerprint density at radius 1 is 1.44 bits per heavy atom. The van der Waals surface area contributed by atoms with Gasteiger partial charge in [-0.2, -0.15) is 4.98 Å². The maximum Gasteiger partial charge on any atom is 0.222 e. The third-order valence-electron chi connectivity index (χ3n) is 3.59. The molecule has 2 heterocycles. The van der Waals surface area contributed by atoms with Crippen molar-refractivity contribution in [3.8, 4) is 0 Å². The minimum absolute atomic E-state index is 0.140. The molecule has 0 aliphatic carbocycles. The van der Waals surface area contributed by atoms with Gasteiger partial charge in [0.25, 0.3) is 0 Å². The molecule has 1 aliphatic rings. The topological polar surface area (TPSA) is 55.0 Å². The van der Waals surface area contributed by atoms with Crippen LogP contribution in [0, 0.1) is 11.7 Å². The van der Waals surface area contributed by atoms with Crippen molar-refractivity contribution in [2.75, 3.05) is 23.7 Å². The zero-order valence-electron chi connectivity index (χ0n) is 10.9. The van der Waals surface area contributed by atoms with E-state index in [2.05, 4.69) is 16.9 Å². The van der Waals surface area contributed by atoms with Crippen LogP contribution < -0.4 is 10.6 Å². The Bertz CT molecular complexity index is 397. The van der Waals surface area contributed by atoms with Crippen molar-refractivity contribution >= 4 is 11.8 Å². The fourth-order valence-electron chi connectivity index (χ4n) is 2.67. The molecule has 0 bridgehead atoms. The standard InChI is InChI=1S/C13H21FN4/c1-2-4-10-5-3-7-18(8-6-10)12-11(14)9-16-13(15)17-12/h9-10H,2-8H2,1H3,(H2,15,16,17). The normalized spacial score (nSPS) is 20.8. The van der Waals surface area contributed by atoms with Crippen molar-refractivity contribution in [2.45, 2.75) is 39.0 Å². The number of anilines is 2. The molecule has 2 rings (SSSR count). The molecule has 0 radical (unpaired) electrons. The third kappa shape index (κ3) is 3.09. The number of rotatable bonds is 3. The van der Waals surface area contributed by atoms with Gasteiger partial charge in [-0.15, -0.1) is 0 Å². The molecule has 18 heavy (non-hydrogen) atoms. The number of aromatic nitrogens is 2. The van der Waals surface area contributed by atoms with Crippen molar-refractivity contribution in [3.63, 3.8) is 0 Å². The van der Waals surface area contributed by atoms with E-state index in [4.69, 9.17) is 5.73 Å². The first kappa shape index (κ1) is 13.1. The summed E-state index contributed by atoms with van der Waals surface area (Å²) in [6, 6.07) is 0. The van der Waals surface area contributed by atoms with E-state index in [9.17, 15) is 4.39 Å². The summed E-state index contributed by atoms with van der Waals surface area (Å²) in [6.45, 7) is 3.93. The van der Waals surface area contributed by atoms with E-state index in [1.54, 1.807) is 0 Å². The number of nitrogens with two attached hydrogens (primary N) is 1. The minimum Gasteiger partial charge on any atom is -0.368 e. The van der Waals surface area contributed by atoms with Gasteiger partial charge in [0.2, 0.25) is 5.95 Å². The molecule has 1 aromatic heterocycles. The van der Waals surface area contributed by atoms with Crippen LogP contribution in [0.1, 0.15) is 39.0 Å². The zero-order valence-corrected chi connectivity index (χ0v) is 10.9. The van der Waals surface area contributed by atoms with Crippen molar-refractivity contribution in [3.05, 3.63) is 12.0 Å². The van der Waals surface area contributed by atoms with Gasteiger partial charge in [-0.25, -0.2) is 9.37 Å². The number of hydrogen-bond donors (Lipinski definition) is 1. The van der Waals surface area contributed by atoms with Gasteiger partial charge in [0.05, 0.1) is 6.20 Å². The third-order valence-corrected chi connectivity index (χ3v) is 3.59. The summed E-state index contributed by atoms with van der Waals surface area (Å²) in [5.41, 5.74) is 5.53. The molecule has 0 spiro atoms. The highest BCUT2D eigenvalue weighted by atomic mass is 19.1. The molecule has 1 aromatic rings. The monoisotopic (exact) mass is 252 g/mol. The second kappa shape index (κ2) is 5.98. The molecule has 0 saturated carbocycles. The molecular formula is C13H21FN4. The van der Waals surface area contributed by atoms with Crippen molar-refractivity contribution in [1.29, 1.82) is 0 Å². The van der Waals surface area contributed by atoms with Gasteiger partial charge in [0.1, 0.15) is 0 Å². The van der Waals surface area contributed by atoms with Crippen LogP contribution in [-0.4, -0.2) is 23.1 Å². The Morgan fingerprint density at radius 3 is 3.06 bits per heavy atom. The van der Waals surface area contributed by atoms with Gasteiger partial charge in [0.15, 0.2) is 11.6 Å². The van der Waals surface area contributed by atoms with Gasteiger partial charge < -0.3 is 10.6 Å². The Hall–Kier alpha value is -1.39. The predicted molar refractivity (Wildman–Crippen MR) is 70.9 cm³/mol. The highest BCUT2D eigenvalue weighted by Crippen LogP contribution is 2.25. The Kier molecular flexibility index (Phi) is 4.33. The highest BCUT2D eigenvalue weighted by Gasteiger charge is 2.20. The summed E-state index contributed by atoms with van der Waals surface area (Å²) in [5.74, 6) is 0.890. The molecule has 1 unspecified atom stereocenters. The summed E-state index contributed by atoms with van der Waals surface area (Å²) in [7, 11) is 0. The molecule has 100 valence electrons. The molecule has 4 nitrogen and oxygen atoms in total. The van der Waals surface area contributed by atoms with Crippen LogP contribution in [0.2, 0.25) is 0 Å². The number of hydrogen-bond acceptors (Lipinski definition) is 4. The first-order valence-corrected chi connectivity index (χ1v) is 6.73. The Morgan fingerprint density at radius 2 is 2.28 bits per heavy atom. The minimum atomic E-state index is -0.377. The fraction of sp³-hybridized carbons (Fsp3) is 0.692. The summed E-state index contributed by atoms with van der Waals surface area (Å²) in [6.07, 6.45) is 7.07. The van der Waals surface area contributed by atoms with E-state index in [0.29, 0.717) is 5.82 Å². The van der Waals surface area contributed by atoms with Crippen LogP contribution in [0.25, 0.3) is 0 Å². The second-order valence-corrected chi connectivity index (χ2v) is 4.97. The predicted octanol–water partition coefficient (Wildman–Crippen LogP) is 2.60. The lowest BCUT2D eigenvalue weighted by molar-refractivity contribution is 0.435. The fourth-order valence-corrected chi connectivity index (χ4v) is 2.67. The molecule has 0 amide bonds. The largest absolute Gasteiger partial charge is 0.368 e. The second-order valence-electron chi connectivity index (χ2n) is 4.97. The molecular weight excluding hydrogens is 231 g/mol. The molecule has 1 saturated heterocycles. The van der Waals surface area contributed by atoms with Crippen LogP contribution in [0.5, 0.6) is 0 Å². The molecule has 1 atom stereocenters. The summed E-state index contributed by atoms with van der Waals surface area (Å²) in [5, 5.41) is 0. The summed E-state index contributed by atoms with van der Waals surface area (Å²) < 4.78 is 13.7. The highest BCUT2D eigenvalue weighted by molar-refractivity contribution is 5.42. The zero-order chi connectivity index (χ0) is 13.0. The van der Waals surface area contributed by atoms with Gasteiger partial charge in [-0.1, -0.05) is 19.8 Å². The van der Waals surface area contributed by atoms with Crippen LogP contribution in [-0.2, 0) is 0 Å². The van der Waals surface area contributed by atoms with E-state index >= 15 is 0 Å². The lowest BCUT2D eigenvalue weighted by atomic mass is 9.96. The van der Waals surface area contributed by atoms with Crippen molar-refractivity contribution < 1.29 is 4.39 Å². The number of nitrogen functional groups attached to an aromatic ring is 1. The molecule has 5 heteroatoms. The van der Waals surface area contributed by atoms with Gasteiger partial charge in [-0.05, 0) is 25.2 Å². The quantitative estimate of drug-likeness (QED) is 0.898. The Labute approximate surface area is 107 Å². The lowest BCUT2D eigenvalue weighted by Gasteiger charge is -2.22. The van der Waals surface area contributed by atoms with Gasteiger partial charge in [-0.3, -0.25) is 0 Å². The molecule has 1 aliphatic heterocycles. The Balaban J connectivity index is 2.07. The number of halogens is 1. The van der Waals surface area contributed by atoms with E-state index in [0.717, 1.165) is 38.0 Å². The van der Waals surface area contributed by atoms with Crippen molar-refractivity contribution in [2.24, 2.45) is 5.92 Å². The number of nitrogens with zero attached hydrogens (tertiary/aromatic N) is 3. The van der Waals surface area contributed by atoms with Gasteiger partial charge >= 0.3 is 0 Å². The van der Waals surface area contributed by atoms with E-state index < -0.39 is 0 Å². The first-order chi connectivity index (χ1) is 8.70. The molecule has 2 N–H and O–H groups in total.